The topological polar surface area (TPSA) is 72.5 Å². The molecule has 2 aromatic carbocycles. The van der Waals surface area contributed by atoms with Crippen molar-refractivity contribution in [3.63, 3.8) is 0 Å². The van der Waals surface area contributed by atoms with Gasteiger partial charge in [0.25, 0.3) is 5.91 Å². The normalized spacial score (nSPS) is 10.3. The molecular formula is C21H20ClN3O3. The van der Waals surface area contributed by atoms with Crippen LogP contribution in [0.5, 0.6) is 11.5 Å². The van der Waals surface area contributed by atoms with Crippen LogP contribution in [0.4, 0.5) is 17.1 Å². The van der Waals surface area contributed by atoms with Crippen molar-refractivity contribution in [2.45, 2.75) is 6.92 Å². The number of anilines is 3. The Hall–Kier alpha value is -3.25. The van der Waals surface area contributed by atoms with Crippen LogP contribution in [0.3, 0.4) is 0 Å². The Bertz CT molecular complexity index is 991. The van der Waals surface area contributed by atoms with E-state index in [0.29, 0.717) is 27.9 Å². The summed E-state index contributed by atoms with van der Waals surface area (Å²) in [5, 5.41) is 6.65. The van der Waals surface area contributed by atoms with Crippen LogP contribution >= 0.6 is 11.6 Å². The smallest absolute Gasteiger partial charge is 0.274 e. The van der Waals surface area contributed by atoms with Crippen LogP contribution in [0, 0.1) is 6.92 Å². The third-order valence-corrected chi connectivity index (χ3v) is 4.52. The van der Waals surface area contributed by atoms with Gasteiger partial charge in [-0.05, 0) is 42.8 Å². The molecule has 0 spiro atoms. The van der Waals surface area contributed by atoms with Gasteiger partial charge in [0.05, 0.1) is 37.5 Å². The van der Waals surface area contributed by atoms with Crippen molar-refractivity contribution in [2.75, 3.05) is 24.9 Å². The minimum Gasteiger partial charge on any atom is -0.495 e. The van der Waals surface area contributed by atoms with E-state index in [-0.39, 0.29) is 11.6 Å². The lowest BCUT2D eigenvalue weighted by Gasteiger charge is -2.13. The van der Waals surface area contributed by atoms with Crippen molar-refractivity contribution >= 4 is 34.6 Å². The Morgan fingerprint density at radius 1 is 1.00 bits per heavy atom. The van der Waals surface area contributed by atoms with Gasteiger partial charge in [-0.25, -0.2) is 4.98 Å². The van der Waals surface area contributed by atoms with Gasteiger partial charge in [0, 0.05) is 11.1 Å². The van der Waals surface area contributed by atoms with E-state index in [1.807, 2.05) is 25.1 Å². The molecule has 1 amide bonds. The summed E-state index contributed by atoms with van der Waals surface area (Å²) in [6.45, 7) is 1.91. The number of rotatable bonds is 6. The Labute approximate surface area is 168 Å². The Balaban J connectivity index is 1.75. The highest BCUT2D eigenvalue weighted by atomic mass is 35.5. The minimum absolute atomic E-state index is 0.288. The first-order valence-corrected chi connectivity index (χ1v) is 8.91. The molecule has 144 valence electrons. The largest absolute Gasteiger partial charge is 0.495 e. The third-order valence-electron chi connectivity index (χ3n) is 4.11. The molecule has 6 nitrogen and oxygen atoms in total. The monoisotopic (exact) mass is 397 g/mol. The number of benzene rings is 2. The number of nitrogens with zero attached hydrogens (tertiary/aromatic N) is 1. The van der Waals surface area contributed by atoms with Gasteiger partial charge in [-0.2, -0.15) is 0 Å². The van der Waals surface area contributed by atoms with E-state index in [0.717, 1.165) is 11.3 Å². The number of hydrogen-bond donors (Lipinski definition) is 2. The van der Waals surface area contributed by atoms with E-state index in [1.54, 1.807) is 50.7 Å². The van der Waals surface area contributed by atoms with Gasteiger partial charge in [-0.15, -0.1) is 0 Å². The van der Waals surface area contributed by atoms with Crippen LogP contribution < -0.4 is 20.1 Å². The fourth-order valence-electron chi connectivity index (χ4n) is 2.62. The quantitative estimate of drug-likeness (QED) is 0.608. The minimum atomic E-state index is -0.323. The first-order valence-electron chi connectivity index (χ1n) is 8.53. The zero-order valence-electron chi connectivity index (χ0n) is 15.7. The molecule has 0 radical (unpaired) electrons. The molecule has 0 atom stereocenters. The molecule has 3 aromatic rings. The zero-order valence-corrected chi connectivity index (χ0v) is 16.5. The molecule has 2 N–H and O–H groups in total. The van der Waals surface area contributed by atoms with Crippen molar-refractivity contribution in [1.82, 2.24) is 4.98 Å². The van der Waals surface area contributed by atoms with Crippen LogP contribution in [0.1, 0.15) is 16.1 Å². The standard InChI is InChI=1S/C21H20ClN3O3/c1-13-10-18(20(28-3)11-15(13)22)24-14-8-9-17(23-12-14)21(26)25-16-6-4-5-7-19(16)27-2/h4-12,24H,1-3H3,(H,25,26). The van der Waals surface area contributed by atoms with Gasteiger partial charge in [0.15, 0.2) is 0 Å². The van der Waals surface area contributed by atoms with Crippen molar-refractivity contribution in [3.8, 4) is 11.5 Å². The summed E-state index contributed by atoms with van der Waals surface area (Å²) in [4.78, 5) is 16.7. The van der Waals surface area contributed by atoms with E-state index in [4.69, 9.17) is 21.1 Å². The van der Waals surface area contributed by atoms with Crippen LogP contribution in [-0.4, -0.2) is 25.1 Å². The molecule has 0 unspecified atom stereocenters. The maximum Gasteiger partial charge on any atom is 0.274 e. The second kappa shape index (κ2) is 8.63. The molecule has 0 saturated heterocycles. The summed E-state index contributed by atoms with van der Waals surface area (Å²) >= 11 is 6.14. The highest BCUT2D eigenvalue weighted by Crippen LogP contribution is 2.33. The zero-order chi connectivity index (χ0) is 20.1. The van der Waals surface area contributed by atoms with E-state index >= 15 is 0 Å². The molecule has 3 rings (SSSR count). The molecule has 0 fully saturated rings. The van der Waals surface area contributed by atoms with Gasteiger partial charge in [-0.3, -0.25) is 4.79 Å². The summed E-state index contributed by atoms with van der Waals surface area (Å²) < 4.78 is 10.6. The number of aromatic nitrogens is 1. The number of methoxy groups -OCH3 is 2. The van der Waals surface area contributed by atoms with Crippen molar-refractivity contribution in [3.05, 3.63) is 71.0 Å². The summed E-state index contributed by atoms with van der Waals surface area (Å²) in [7, 11) is 3.13. The highest BCUT2D eigenvalue weighted by molar-refractivity contribution is 6.31. The average molecular weight is 398 g/mol. The molecule has 1 aromatic heterocycles. The first-order chi connectivity index (χ1) is 13.5. The summed E-state index contributed by atoms with van der Waals surface area (Å²) in [6, 6.07) is 14.3. The number of carbonyl (C=O) groups excluding carboxylic acids is 1. The number of hydrogen-bond acceptors (Lipinski definition) is 5. The predicted octanol–water partition coefficient (Wildman–Crippen LogP) is 5.06. The van der Waals surface area contributed by atoms with Gasteiger partial charge in [0.2, 0.25) is 0 Å². The summed E-state index contributed by atoms with van der Waals surface area (Å²) in [6.07, 6.45) is 1.58. The van der Waals surface area contributed by atoms with Gasteiger partial charge >= 0.3 is 0 Å². The van der Waals surface area contributed by atoms with Gasteiger partial charge < -0.3 is 20.1 Å². The van der Waals surface area contributed by atoms with Crippen molar-refractivity contribution in [2.24, 2.45) is 0 Å². The van der Waals surface area contributed by atoms with Crippen molar-refractivity contribution < 1.29 is 14.3 Å². The molecule has 0 bridgehead atoms. The maximum atomic E-state index is 12.5. The van der Waals surface area contributed by atoms with Crippen LogP contribution in [0.25, 0.3) is 0 Å². The van der Waals surface area contributed by atoms with Crippen molar-refractivity contribution in [1.29, 1.82) is 0 Å². The lowest BCUT2D eigenvalue weighted by atomic mass is 10.2. The molecule has 0 aliphatic heterocycles. The molecule has 0 aliphatic carbocycles. The number of ether oxygens (including phenoxy) is 2. The first kappa shape index (κ1) is 19.5. The number of para-hydroxylation sites is 2. The van der Waals surface area contributed by atoms with Gasteiger partial charge in [0.1, 0.15) is 17.2 Å². The van der Waals surface area contributed by atoms with E-state index in [2.05, 4.69) is 15.6 Å². The number of aryl methyl sites for hydroxylation is 1. The second-order valence-electron chi connectivity index (χ2n) is 6.01. The van der Waals surface area contributed by atoms with E-state index in [1.165, 1.54) is 0 Å². The Kier molecular flexibility index (Phi) is 6.01. The van der Waals surface area contributed by atoms with E-state index in [9.17, 15) is 4.79 Å². The number of halogens is 1. The number of carbonyl (C=O) groups is 1. The second-order valence-corrected chi connectivity index (χ2v) is 6.42. The molecular weight excluding hydrogens is 378 g/mol. The highest BCUT2D eigenvalue weighted by Gasteiger charge is 2.12. The average Bonchev–Trinajstić information content (AvgIpc) is 2.71. The fourth-order valence-corrected chi connectivity index (χ4v) is 2.78. The number of amides is 1. The summed E-state index contributed by atoms with van der Waals surface area (Å²) in [5.74, 6) is 0.879. The molecule has 7 heteroatoms. The van der Waals surface area contributed by atoms with E-state index < -0.39 is 0 Å². The lowest BCUT2D eigenvalue weighted by molar-refractivity contribution is 0.102. The van der Waals surface area contributed by atoms with Gasteiger partial charge in [-0.1, -0.05) is 23.7 Å². The maximum absolute atomic E-state index is 12.5. The Morgan fingerprint density at radius 3 is 2.43 bits per heavy atom. The number of pyridine rings is 1. The Morgan fingerprint density at radius 2 is 1.75 bits per heavy atom. The molecule has 0 aliphatic rings. The van der Waals surface area contributed by atoms with Crippen LogP contribution in [0.15, 0.2) is 54.7 Å². The number of nitrogens with one attached hydrogen (secondary N) is 2. The summed E-state index contributed by atoms with van der Waals surface area (Å²) in [5.41, 5.74) is 3.27. The van der Waals surface area contributed by atoms with Crippen LogP contribution in [-0.2, 0) is 0 Å². The fraction of sp³-hybridized carbons (Fsp3) is 0.143. The SMILES string of the molecule is COc1ccccc1NC(=O)c1ccc(Nc2cc(C)c(Cl)cc2OC)cn1. The third kappa shape index (κ3) is 4.35. The predicted molar refractivity (Wildman–Crippen MR) is 111 cm³/mol. The molecule has 28 heavy (non-hydrogen) atoms. The lowest BCUT2D eigenvalue weighted by Crippen LogP contribution is -2.14. The molecule has 0 saturated carbocycles. The van der Waals surface area contributed by atoms with Crippen LogP contribution in [0.2, 0.25) is 5.02 Å². The molecule has 1 heterocycles.